The summed E-state index contributed by atoms with van der Waals surface area (Å²) < 4.78 is 40.5. The van der Waals surface area contributed by atoms with Crippen LogP contribution in [0.2, 0.25) is 0 Å². The normalized spacial score (nSPS) is 20.9. The van der Waals surface area contributed by atoms with Crippen molar-refractivity contribution in [1.29, 1.82) is 0 Å². The van der Waals surface area contributed by atoms with Gasteiger partial charge in [-0.1, -0.05) is 18.2 Å². The number of thiol groups is 2. The van der Waals surface area contributed by atoms with Crippen molar-refractivity contribution in [3.63, 3.8) is 0 Å². The van der Waals surface area contributed by atoms with Crippen LogP contribution in [-0.4, -0.2) is 5.50 Å². The lowest BCUT2D eigenvalue weighted by Crippen LogP contribution is -2.42. The van der Waals surface area contributed by atoms with Gasteiger partial charge in [0.05, 0.1) is 5.69 Å². The fraction of sp³-hybridized carbons (Fsp3) is 0.143. The first kappa shape index (κ1) is 14.5. The Balaban J connectivity index is 2.09. The predicted molar refractivity (Wildman–Crippen MR) is 83.4 cm³/mol. The fourth-order valence-electron chi connectivity index (χ4n) is 2.32. The topological polar surface area (TPSA) is 15.3 Å². The van der Waals surface area contributed by atoms with Crippen LogP contribution >= 0.6 is 25.3 Å². The lowest BCUT2D eigenvalue weighted by Gasteiger charge is -2.41. The molecule has 3 rings (SSSR count). The number of halogens is 3. The van der Waals surface area contributed by atoms with Crippen molar-refractivity contribution in [2.45, 2.75) is 10.9 Å². The average Bonchev–Trinajstić information content (AvgIpc) is 2.47. The van der Waals surface area contributed by atoms with Crippen LogP contribution in [-0.2, 0) is 0 Å². The first-order chi connectivity index (χ1) is 10.0. The molecule has 0 saturated heterocycles. The second kappa shape index (κ2) is 5.38. The van der Waals surface area contributed by atoms with Gasteiger partial charge in [-0.2, -0.15) is 0 Å². The standard InChI is InChI=1S/C14H11F3N2S2/c15-8-5-6-10(12(17)11(8)16)19-13(20)7-3-1-2-4-9(7)18-14(19)21/h1-6,13-14,18,20-21H. The molecule has 21 heavy (non-hydrogen) atoms. The molecule has 2 atom stereocenters. The Morgan fingerprint density at radius 3 is 2.43 bits per heavy atom. The summed E-state index contributed by atoms with van der Waals surface area (Å²) >= 11 is 8.81. The maximum Gasteiger partial charge on any atom is 0.196 e. The molecule has 0 fully saturated rings. The third-order valence-corrected chi connectivity index (χ3v) is 4.25. The maximum absolute atomic E-state index is 14.0. The number of hydrogen-bond acceptors (Lipinski definition) is 4. The average molecular weight is 328 g/mol. The van der Waals surface area contributed by atoms with Gasteiger partial charge in [-0.3, -0.25) is 0 Å². The molecular formula is C14H11F3N2S2. The van der Waals surface area contributed by atoms with E-state index in [2.05, 4.69) is 30.6 Å². The van der Waals surface area contributed by atoms with E-state index in [4.69, 9.17) is 0 Å². The summed E-state index contributed by atoms with van der Waals surface area (Å²) in [6.45, 7) is 0. The van der Waals surface area contributed by atoms with Gasteiger partial charge in [-0.05, 0) is 18.2 Å². The third-order valence-electron chi connectivity index (χ3n) is 3.34. The zero-order valence-corrected chi connectivity index (χ0v) is 12.4. The van der Waals surface area contributed by atoms with Crippen molar-refractivity contribution in [3.05, 3.63) is 59.4 Å². The number of fused-ring (bicyclic) bond motifs is 1. The summed E-state index contributed by atoms with van der Waals surface area (Å²) in [6.07, 6.45) is 0. The van der Waals surface area contributed by atoms with E-state index in [1.165, 1.54) is 11.0 Å². The first-order valence-corrected chi connectivity index (χ1v) is 7.17. The fourth-order valence-corrected chi connectivity index (χ4v) is 3.31. The number of nitrogens with zero attached hydrogens (tertiary/aromatic N) is 1. The number of anilines is 2. The lowest BCUT2D eigenvalue weighted by molar-refractivity contribution is 0.445. The lowest BCUT2D eigenvalue weighted by atomic mass is 10.1. The molecule has 0 saturated carbocycles. The molecule has 7 heteroatoms. The summed E-state index contributed by atoms with van der Waals surface area (Å²) in [5.74, 6) is -3.99. The second-order valence-corrected chi connectivity index (χ2v) is 5.56. The van der Waals surface area contributed by atoms with Gasteiger partial charge in [0.15, 0.2) is 17.5 Å². The molecule has 0 radical (unpaired) electrons. The summed E-state index contributed by atoms with van der Waals surface area (Å²) in [6, 6.07) is 9.40. The predicted octanol–water partition coefficient (Wildman–Crippen LogP) is 4.18. The summed E-state index contributed by atoms with van der Waals surface area (Å²) in [5, 5.41) is 2.52. The molecule has 0 aromatic heterocycles. The summed E-state index contributed by atoms with van der Waals surface area (Å²) in [5.41, 5.74) is 0.893. The smallest absolute Gasteiger partial charge is 0.196 e. The Morgan fingerprint density at radius 1 is 0.952 bits per heavy atom. The van der Waals surface area contributed by atoms with E-state index in [9.17, 15) is 13.2 Å². The first-order valence-electron chi connectivity index (χ1n) is 6.14. The van der Waals surface area contributed by atoms with Gasteiger partial charge in [0.1, 0.15) is 10.9 Å². The Morgan fingerprint density at radius 2 is 1.67 bits per heavy atom. The van der Waals surface area contributed by atoms with Gasteiger partial charge in [0.2, 0.25) is 0 Å². The Labute approximate surface area is 130 Å². The molecule has 0 spiro atoms. The van der Waals surface area contributed by atoms with Gasteiger partial charge in [-0.25, -0.2) is 13.2 Å². The molecule has 1 aliphatic heterocycles. The summed E-state index contributed by atoms with van der Waals surface area (Å²) in [7, 11) is 0. The van der Waals surface area contributed by atoms with E-state index in [1.807, 2.05) is 24.3 Å². The quantitative estimate of drug-likeness (QED) is 0.538. The number of para-hydroxylation sites is 1. The van der Waals surface area contributed by atoms with Crippen LogP contribution < -0.4 is 10.2 Å². The molecule has 1 N–H and O–H groups in total. The molecule has 2 aromatic carbocycles. The van der Waals surface area contributed by atoms with Crippen molar-refractivity contribution in [1.82, 2.24) is 0 Å². The van der Waals surface area contributed by atoms with Crippen molar-refractivity contribution in [2.75, 3.05) is 10.2 Å². The Kier molecular flexibility index (Phi) is 3.71. The number of hydrogen-bond donors (Lipinski definition) is 3. The zero-order chi connectivity index (χ0) is 15.1. The van der Waals surface area contributed by atoms with Crippen LogP contribution in [0.5, 0.6) is 0 Å². The highest BCUT2D eigenvalue weighted by Gasteiger charge is 2.32. The monoisotopic (exact) mass is 328 g/mol. The highest BCUT2D eigenvalue weighted by Crippen LogP contribution is 2.42. The van der Waals surface area contributed by atoms with Gasteiger partial charge >= 0.3 is 0 Å². The molecule has 1 heterocycles. The van der Waals surface area contributed by atoms with Crippen molar-refractivity contribution in [2.24, 2.45) is 0 Å². The van der Waals surface area contributed by atoms with E-state index < -0.39 is 28.3 Å². The third kappa shape index (κ3) is 2.34. The molecule has 0 amide bonds. The van der Waals surface area contributed by atoms with E-state index in [1.54, 1.807) is 0 Å². The molecule has 2 aromatic rings. The number of rotatable bonds is 1. The number of nitrogens with one attached hydrogen (secondary N) is 1. The maximum atomic E-state index is 14.0. The zero-order valence-electron chi connectivity index (χ0n) is 10.6. The minimum absolute atomic E-state index is 0.101. The molecule has 0 aliphatic carbocycles. The molecule has 1 aliphatic rings. The molecule has 0 bridgehead atoms. The second-order valence-electron chi connectivity index (χ2n) is 4.58. The molecule has 110 valence electrons. The Bertz CT molecular complexity index is 696. The minimum Gasteiger partial charge on any atom is -0.357 e. The summed E-state index contributed by atoms with van der Waals surface area (Å²) in [4.78, 5) is 1.44. The van der Waals surface area contributed by atoms with Crippen LogP contribution in [0.4, 0.5) is 24.5 Å². The van der Waals surface area contributed by atoms with Crippen LogP contribution in [0, 0.1) is 17.5 Å². The van der Waals surface area contributed by atoms with Gasteiger partial charge in [0, 0.05) is 11.3 Å². The molecule has 2 unspecified atom stereocenters. The largest absolute Gasteiger partial charge is 0.357 e. The van der Waals surface area contributed by atoms with Crippen molar-refractivity contribution < 1.29 is 13.2 Å². The van der Waals surface area contributed by atoms with Crippen LogP contribution in [0.1, 0.15) is 10.9 Å². The van der Waals surface area contributed by atoms with Crippen LogP contribution in [0.15, 0.2) is 36.4 Å². The van der Waals surface area contributed by atoms with Gasteiger partial charge in [-0.15, -0.1) is 25.3 Å². The van der Waals surface area contributed by atoms with Crippen LogP contribution in [0.3, 0.4) is 0 Å². The number of benzene rings is 2. The SMILES string of the molecule is Fc1ccc(N2C(S)Nc3ccccc3C2S)c(F)c1F. The highest BCUT2D eigenvalue weighted by atomic mass is 32.1. The highest BCUT2D eigenvalue weighted by molar-refractivity contribution is 7.82. The van der Waals surface area contributed by atoms with E-state index in [0.29, 0.717) is 0 Å². The van der Waals surface area contributed by atoms with E-state index in [0.717, 1.165) is 17.3 Å². The van der Waals surface area contributed by atoms with Crippen molar-refractivity contribution in [3.8, 4) is 0 Å². The van der Waals surface area contributed by atoms with E-state index in [-0.39, 0.29) is 5.69 Å². The van der Waals surface area contributed by atoms with Gasteiger partial charge in [0.25, 0.3) is 0 Å². The Hall–Kier alpha value is -1.47. The molecular weight excluding hydrogens is 317 g/mol. The van der Waals surface area contributed by atoms with E-state index >= 15 is 0 Å². The van der Waals surface area contributed by atoms with Gasteiger partial charge < -0.3 is 10.2 Å². The van der Waals surface area contributed by atoms with Crippen molar-refractivity contribution >= 4 is 36.6 Å². The van der Waals surface area contributed by atoms with Crippen LogP contribution in [0.25, 0.3) is 0 Å². The minimum atomic E-state index is -1.51. The molecule has 2 nitrogen and oxygen atoms in total.